The molecule has 0 radical (unpaired) electrons. The second kappa shape index (κ2) is 8.19. The number of alkyl halides is 3. The van der Waals surface area contributed by atoms with Crippen molar-refractivity contribution < 1.29 is 22.7 Å². The van der Waals surface area contributed by atoms with Crippen molar-refractivity contribution in [3.05, 3.63) is 75.2 Å². The van der Waals surface area contributed by atoms with E-state index in [2.05, 4.69) is 4.98 Å². The summed E-state index contributed by atoms with van der Waals surface area (Å²) in [6.07, 6.45) is -0.586. The molecule has 7 nitrogen and oxygen atoms in total. The van der Waals surface area contributed by atoms with Gasteiger partial charge in [0, 0.05) is 19.3 Å². The molecule has 2 aromatic heterocycles. The van der Waals surface area contributed by atoms with Crippen molar-refractivity contribution in [3.8, 4) is 11.4 Å². The van der Waals surface area contributed by atoms with Crippen molar-refractivity contribution in [2.75, 3.05) is 6.54 Å². The van der Waals surface area contributed by atoms with Crippen molar-refractivity contribution in [2.45, 2.75) is 44.6 Å². The number of fused-ring (bicyclic) bond motifs is 1. The maximum Gasteiger partial charge on any atom is 0.417 e. The van der Waals surface area contributed by atoms with E-state index in [1.165, 1.54) is 16.7 Å². The number of halogens is 4. The van der Waals surface area contributed by atoms with Gasteiger partial charge in [-0.25, -0.2) is 4.98 Å². The van der Waals surface area contributed by atoms with Crippen molar-refractivity contribution >= 4 is 17.5 Å². The van der Waals surface area contributed by atoms with E-state index in [-0.39, 0.29) is 29.0 Å². The maximum absolute atomic E-state index is 13.2. The fourth-order valence-corrected chi connectivity index (χ4v) is 4.71. The lowest BCUT2D eigenvalue weighted by Gasteiger charge is -2.45. The first-order valence-electron chi connectivity index (χ1n) is 10.7. The highest BCUT2D eigenvalue weighted by atomic mass is 35.5. The number of pyridine rings is 1. The summed E-state index contributed by atoms with van der Waals surface area (Å²) in [5.74, 6) is -0.377. The van der Waals surface area contributed by atoms with Crippen molar-refractivity contribution in [3.63, 3.8) is 0 Å². The number of hydrogen-bond acceptors (Lipinski definition) is 4. The topological polar surface area (TPSA) is 69.4 Å². The van der Waals surface area contributed by atoms with Gasteiger partial charge in [0.2, 0.25) is 0 Å². The van der Waals surface area contributed by atoms with Crippen LogP contribution in [-0.4, -0.2) is 43.6 Å². The maximum atomic E-state index is 13.2. The van der Waals surface area contributed by atoms with Gasteiger partial charge in [-0.2, -0.15) is 13.2 Å². The van der Waals surface area contributed by atoms with Crippen LogP contribution >= 0.6 is 11.6 Å². The Balaban J connectivity index is 1.37. The number of carbonyl (C=O) groups excluding carboxylic acids is 1. The first-order chi connectivity index (χ1) is 16.1. The van der Waals surface area contributed by atoms with E-state index in [9.17, 15) is 22.8 Å². The van der Waals surface area contributed by atoms with Gasteiger partial charge in [0.05, 0.1) is 28.6 Å². The normalized spacial score (nSPS) is 20.1. The first kappa shape index (κ1) is 22.5. The summed E-state index contributed by atoms with van der Waals surface area (Å²) < 4.78 is 48.4. The summed E-state index contributed by atoms with van der Waals surface area (Å²) in [6.45, 7) is 2.41. The van der Waals surface area contributed by atoms with E-state index < -0.39 is 22.9 Å². The van der Waals surface area contributed by atoms with Crippen LogP contribution in [0.2, 0.25) is 5.02 Å². The van der Waals surface area contributed by atoms with Gasteiger partial charge in [-0.05, 0) is 44.0 Å². The fraction of sp³-hybridized carbons (Fsp3) is 0.348. The molecule has 2 aliphatic rings. The molecule has 3 aromatic rings. The summed E-state index contributed by atoms with van der Waals surface area (Å²) in [4.78, 5) is 32.0. The number of nitrogens with zero attached hydrogens (tertiary/aromatic N) is 4. The van der Waals surface area contributed by atoms with Gasteiger partial charge < -0.3 is 18.8 Å². The summed E-state index contributed by atoms with van der Waals surface area (Å²) in [5.41, 5.74) is 0.171. The number of aryl methyl sites for hydroxylation is 1. The van der Waals surface area contributed by atoms with Gasteiger partial charge in [0.15, 0.2) is 0 Å². The zero-order valence-electron chi connectivity index (χ0n) is 18.1. The molecule has 1 amide bonds. The molecular formula is C23H20ClF3N4O3. The molecule has 1 fully saturated rings. The summed E-state index contributed by atoms with van der Waals surface area (Å²) in [7, 11) is 0. The Bertz CT molecular complexity index is 1330. The third-order valence-electron chi connectivity index (χ3n) is 6.31. The van der Waals surface area contributed by atoms with Crippen LogP contribution < -0.4 is 10.3 Å². The first-order valence-corrected chi connectivity index (χ1v) is 11.1. The van der Waals surface area contributed by atoms with Gasteiger partial charge in [-0.1, -0.05) is 17.7 Å². The van der Waals surface area contributed by atoms with Crippen LogP contribution in [0.15, 0.2) is 47.7 Å². The van der Waals surface area contributed by atoms with Gasteiger partial charge >= 0.3 is 6.18 Å². The monoisotopic (exact) mass is 492 g/mol. The summed E-state index contributed by atoms with van der Waals surface area (Å²) in [5, 5.41) is -0.496. The van der Waals surface area contributed by atoms with Crippen molar-refractivity contribution in [2.24, 2.45) is 0 Å². The third kappa shape index (κ3) is 3.75. The number of aromatic nitrogens is 3. The Morgan fingerprint density at radius 3 is 2.56 bits per heavy atom. The van der Waals surface area contributed by atoms with Crippen molar-refractivity contribution in [1.82, 2.24) is 19.0 Å². The minimum atomic E-state index is -4.59. The molecular weight excluding hydrogens is 473 g/mol. The molecule has 0 bridgehead atoms. The number of rotatable bonds is 4. The predicted molar refractivity (Wildman–Crippen MR) is 117 cm³/mol. The van der Waals surface area contributed by atoms with Crippen molar-refractivity contribution in [1.29, 1.82) is 0 Å². The number of carbonyl (C=O) groups is 1. The standard InChI is InChI=1S/C23H20ClF3N4O3/c1-13-11-29(12-28-13)16-5-6-17-22(33)30(9-10-31(17)21(16)32)15-7-8-18(15)34-19-4-2-3-14(20(19)24)23(25,26)27/h2-6,11-12,15,18H,7-10H2,1H3. The van der Waals surface area contributed by atoms with E-state index in [4.69, 9.17) is 16.3 Å². The number of amides is 1. The zero-order chi connectivity index (χ0) is 24.2. The van der Waals surface area contributed by atoms with Gasteiger partial charge in [0.1, 0.15) is 23.2 Å². The molecule has 1 saturated carbocycles. The fourth-order valence-electron chi connectivity index (χ4n) is 4.43. The number of hydrogen-bond donors (Lipinski definition) is 0. The summed E-state index contributed by atoms with van der Waals surface area (Å²) >= 11 is 5.96. The Kier molecular flexibility index (Phi) is 5.43. The third-order valence-corrected chi connectivity index (χ3v) is 6.70. The number of ether oxygens (including phenoxy) is 1. The molecule has 1 aliphatic carbocycles. The van der Waals surface area contributed by atoms with Crippen LogP contribution in [0.5, 0.6) is 5.75 Å². The molecule has 34 heavy (non-hydrogen) atoms. The SMILES string of the molecule is Cc1cn(-c2ccc3n(c2=O)CCN(C2CCC2Oc2cccc(C(F)(F)F)c2Cl)C3=O)cn1. The average Bonchev–Trinajstić information content (AvgIpc) is 3.19. The Hall–Kier alpha value is -3.27. The molecule has 5 rings (SSSR count). The van der Waals surface area contributed by atoms with Gasteiger partial charge in [-0.3, -0.25) is 9.59 Å². The Morgan fingerprint density at radius 1 is 1.12 bits per heavy atom. The molecule has 0 spiro atoms. The van der Waals surface area contributed by atoms with Crippen LogP contribution in [0.3, 0.4) is 0 Å². The van der Waals surface area contributed by atoms with Crippen LogP contribution in [0.1, 0.15) is 34.6 Å². The van der Waals surface area contributed by atoms with Crippen LogP contribution in [0.25, 0.3) is 5.69 Å². The molecule has 3 heterocycles. The lowest BCUT2D eigenvalue weighted by molar-refractivity contribution is -0.137. The molecule has 1 aliphatic heterocycles. The van der Waals surface area contributed by atoms with Crippen LogP contribution in [0.4, 0.5) is 13.2 Å². The minimum Gasteiger partial charge on any atom is -0.487 e. The lowest BCUT2D eigenvalue weighted by atomic mass is 9.86. The molecule has 1 aromatic carbocycles. The smallest absolute Gasteiger partial charge is 0.417 e. The highest BCUT2D eigenvalue weighted by Crippen LogP contribution is 2.41. The van der Waals surface area contributed by atoms with Gasteiger partial charge in [-0.15, -0.1) is 0 Å². The van der Waals surface area contributed by atoms with E-state index in [1.54, 1.807) is 34.1 Å². The molecule has 2 atom stereocenters. The minimum absolute atomic E-state index is 0.0625. The second-order valence-electron chi connectivity index (χ2n) is 8.40. The number of benzene rings is 1. The van der Waals surface area contributed by atoms with Crippen LogP contribution in [0, 0.1) is 6.92 Å². The largest absolute Gasteiger partial charge is 0.487 e. The zero-order valence-corrected chi connectivity index (χ0v) is 18.8. The molecule has 178 valence electrons. The van der Waals surface area contributed by atoms with E-state index in [0.717, 1.165) is 11.8 Å². The molecule has 0 N–H and O–H groups in total. The van der Waals surface area contributed by atoms with Gasteiger partial charge in [0.25, 0.3) is 11.5 Å². The summed E-state index contributed by atoms with van der Waals surface area (Å²) in [6, 6.07) is 6.41. The van der Waals surface area contributed by atoms with Crippen LogP contribution in [-0.2, 0) is 12.7 Å². The molecule has 0 saturated heterocycles. The Labute approximate surface area is 197 Å². The number of imidazole rings is 1. The van der Waals surface area contributed by atoms with E-state index in [1.807, 2.05) is 6.92 Å². The lowest BCUT2D eigenvalue weighted by Crippen LogP contribution is -2.58. The van der Waals surface area contributed by atoms with E-state index >= 15 is 0 Å². The predicted octanol–water partition coefficient (Wildman–Crippen LogP) is 4.08. The van der Waals surface area contributed by atoms with E-state index in [0.29, 0.717) is 31.6 Å². The quantitative estimate of drug-likeness (QED) is 0.550. The highest BCUT2D eigenvalue weighted by Gasteiger charge is 2.43. The highest BCUT2D eigenvalue weighted by molar-refractivity contribution is 6.32. The molecule has 11 heteroatoms. The molecule has 2 unspecified atom stereocenters. The second-order valence-corrected chi connectivity index (χ2v) is 8.78. The Morgan fingerprint density at radius 2 is 1.91 bits per heavy atom. The average molecular weight is 493 g/mol.